The first-order chi connectivity index (χ1) is 6.73. The Morgan fingerprint density at radius 1 is 1.07 bits per heavy atom. The van der Waals surface area contributed by atoms with Crippen LogP contribution in [0.4, 0.5) is 0 Å². The summed E-state index contributed by atoms with van der Waals surface area (Å²) in [5, 5.41) is 0. The summed E-state index contributed by atoms with van der Waals surface area (Å²) < 4.78 is 0. The Balaban J connectivity index is 3.33. The third kappa shape index (κ3) is 2.61. The molecule has 1 aromatic carbocycles. The van der Waals surface area contributed by atoms with Crippen molar-refractivity contribution in [3.63, 3.8) is 0 Å². The third-order valence-electron chi connectivity index (χ3n) is 2.21. The van der Waals surface area contributed by atoms with E-state index in [1.54, 1.807) is 26.0 Å². The van der Waals surface area contributed by atoms with Gasteiger partial charge in [0.1, 0.15) is 0 Å². The second kappa shape index (κ2) is 3.99. The van der Waals surface area contributed by atoms with Gasteiger partial charge in [-0.2, -0.15) is 0 Å². The van der Waals surface area contributed by atoms with Crippen LogP contribution in [0.15, 0.2) is 12.1 Å². The third-order valence-corrected chi connectivity index (χ3v) is 3.07. The molecule has 0 heterocycles. The van der Waals surface area contributed by atoms with Gasteiger partial charge in [-0.05, 0) is 0 Å². The van der Waals surface area contributed by atoms with E-state index in [1.807, 2.05) is 6.92 Å². The molecule has 0 fully saturated rings. The molecule has 3 N–H and O–H groups in total. The van der Waals surface area contributed by atoms with E-state index in [1.165, 1.54) is 0 Å². The van der Waals surface area contributed by atoms with Crippen LogP contribution in [0.25, 0.3) is 0 Å². The molecule has 84 valence electrons. The van der Waals surface area contributed by atoms with Crippen molar-refractivity contribution in [2.75, 3.05) is 0 Å². The molecule has 0 saturated carbocycles. The molecule has 0 amide bonds. The Morgan fingerprint density at radius 3 is 1.80 bits per heavy atom. The molecule has 0 aromatic heterocycles. The molecule has 4 nitrogen and oxygen atoms in total. The first-order valence-electron chi connectivity index (χ1n) is 4.53. The number of hydrogen-bond acceptors (Lipinski definition) is 4. The molecule has 5 heteroatoms. The number of rotatable bonds is 2. The van der Waals surface area contributed by atoms with E-state index in [4.69, 9.17) is 14.7 Å². The van der Waals surface area contributed by atoms with Gasteiger partial charge < -0.3 is 0 Å². The van der Waals surface area contributed by atoms with Crippen LogP contribution < -0.4 is 0 Å². The maximum atomic E-state index is 11.5. The standard InChI is InChI=1S/C10H15O4P/c1-6-4-7(2)9(8(3)5-6)10(11)15(12,13)14/h4-5,12-15H,1-3H3. The molecule has 0 atom stereocenters. The summed E-state index contributed by atoms with van der Waals surface area (Å²) in [6.45, 7) is 5.29. The molecular formula is C10H15O4P. The molecule has 15 heavy (non-hydrogen) atoms. The zero-order valence-electron chi connectivity index (χ0n) is 8.90. The Hall–Kier alpha value is -0.800. The average Bonchev–Trinajstić information content (AvgIpc) is 1.99. The van der Waals surface area contributed by atoms with Crippen LogP contribution in [0.2, 0.25) is 0 Å². The van der Waals surface area contributed by atoms with Crippen molar-refractivity contribution in [1.82, 2.24) is 0 Å². The van der Waals surface area contributed by atoms with Crippen LogP contribution in [0.5, 0.6) is 0 Å². The van der Waals surface area contributed by atoms with Gasteiger partial charge in [-0.15, -0.1) is 0 Å². The summed E-state index contributed by atoms with van der Waals surface area (Å²) in [5.74, 6) is 0. The first-order valence-corrected chi connectivity index (χ1v) is 6.37. The van der Waals surface area contributed by atoms with E-state index >= 15 is 0 Å². The summed E-state index contributed by atoms with van der Waals surface area (Å²) >= 11 is 0. The van der Waals surface area contributed by atoms with Crippen molar-refractivity contribution in [1.29, 1.82) is 0 Å². The van der Waals surface area contributed by atoms with Crippen LogP contribution in [0.1, 0.15) is 27.0 Å². The fourth-order valence-electron chi connectivity index (χ4n) is 1.71. The van der Waals surface area contributed by atoms with Crippen molar-refractivity contribution >= 4 is 13.5 Å². The second-order valence-corrected chi connectivity index (χ2v) is 5.46. The Morgan fingerprint density at radius 2 is 1.47 bits per heavy atom. The fourth-order valence-corrected chi connectivity index (χ4v) is 2.44. The van der Waals surface area contributed by atoms with Gasteiger partial charge in [0.2, 0.25) is 0 Å². The number of carbonyl (C=O) groups is 1. The summed E-state index contributed by atoms with van der Waals surface area (Å²) in [4.78, 5) is 38.4. The Kier molecular flexibility index (Phi) is 3.26. The van der Waals surface area contributed by atoms with Gasteiger partial charge in [0.15, 0.2) is 0 Å². The topological polar surface area (TPSA) is 77.8 Å². The molecule has 1 aromatic rings. The van der Waals surface area contributed by atoms with Crippen LogP contribution >= 0.6 is 7.94 Å². The molecule has 0 unspecified atom stereocenters. The Labute approximate surface area is 88.8 Å². The van der Waals surface area contributed by atoms with Crippen molar-refractivity contribution < 1.29 is 19.5 Å². The van der Waals surface area contributed by atoms with Crippen LogP contribution in [-0.2, 0) is 0 Å². The van der Waals surface area contributed by atoms with Gasteiger partial charge in [0.05, 0.1) is 0 Å². The molecule has 1 rings (SSSR count). The number of aryl methyl sites for hydroxylation is 3. The van der Waals surface area contributed by atoms with Gasteiger partial charge in [0.25, 0.3) is 0 Å². The van der Waals surface area contributed by atoms with Crippen LogP contribution in [0.3, 0.4) is 0 Å². The van der Waals surface area contributed by atoms with E-state index in [2.05, 4.69) is 0 Å². The quantitative estimate of drug-likeness (QED) is 0.667. The molecule has 0 bridgehead atoms. The maximum absolute atomic E-state index is 11.5. The summed E-state index contributed by atoms with van der Waals surface area (Å²) in [6.07, 6.45) is 0. The molecular weight excluding hydrogens is 215 g/mol. The van der Waals surface area contributed by atoms with Gasteiger partial charge in [0, 0.05) is 0 Å². The predicted octanol–water partition coefficient (Wildman–Crippen LogP) is 1.22. The van der Waals surface area contributed by atoms with Crippen LogP contribution in [-0.4, -0.2) is 20.2 Å². The van der Waals surface area contributed by atoms with Gasteiger partial charge in [-0.1, -0.05) is 0 Å². The molecule has 0 aliphatic carbocycles. The molecule has 0 aliphatic heterocycles. The molecule has 0 spiro atoms. The van der Waals surface area contributed by atoms with Crippen molar-refractivity contribution in [3.8, 4) is 0 Å². The second-order valence-electron chi connectivity index (χ2n) is 3.74. The van der Waals surface area contributed by atoms with E-state index in [-0.39, 0.29) is 5.56 Å². The minimum absolute atomic E-state index is 0.208. The monoisotopic (exact) mass is 230 g/mol. The SMILES string of the molecule is Cc1cc(C)c(C(=O)[PH](O)(O)O)c(C)c1. The average molecular weight is 230 g/mol. The van der Waals surface area contributed by atoms with Gasteiger partial charge >= 0.3 is 88.1 Å². The number of hydrogen-bond donors (Lipinski definition) is 3. The number of benzene rings is 1. The minimum atomic E-state index is -4.72. The van der Waals surface area contributed by atoms with Crippen LogP contribution in [0, 0.1) is 20.8 Å². The van der Waals surface area contributed by atoms with Crippen molar-refractivity contribution in [3.05, 3.63) is 34.4 Å². The number of carbonyl (C=O) groups excluding carboxylic acids is 1. The van der Waals surface area contributed by atoms with Gasteiger partial charge in [-0.3, -0.25) is 0 Å². The van der Waals surface area contributed by atoms with Crippen molar-refractivity contribution in [2.24, 2.45) is 0 Å². The zero-order valence-corrected chi connectivity index (χ0v) is 9.90. The van der Waals surface area contributed by atoms with E-state index in [9.17, 15) is 4.79 Å². The molecule has 0 radical (unpaired) electrons. The normalized spacial score (nSPS) is 12.7. The molecule has 0 saturated heterocycles. The van der Waals surface area contributed by atoms with E-state index in [0.717, 1.165) is 5.56 Å². The summed E-state index contributed by atoms with van der Waals surface area (Å²) in [6, 6.07) is 3.53. The summed E-state index contributed by atoms with van der Waals surface area (Å²) in [7, 11) is -4.72. The fraction of sp³-hybridized carbons (Fsp3) is 0.300. The Bertz CT molecular complexity index is 383. The van der Waals surface area contributed by atoms with E-state index in [0.29, 0.717) is 11.1 Å². The summed E-state index contributed by atoms with van der Waals surface area (Å²) in [5.41, 5.74) is 1.53. The van der Waals surface area contributed by atoms with E-state index < -0.39 is 13.5 Å². The van der Waals surface area contributed by atoms with Gasteiger partial charge in [-0.25, -0.2) is 0 Å². The zero-order chi connectivity index (χ0) is 11.8. The molecule has 0 aliphatic rings. The first kappa shape index (κ1) is 12.3. The van der Waals surface area contributed by atoms with Crippen molar-refractivity contribution in [2.45, 2.75) is 20.8 Å². The predicted molar refractivity (Wildman–Crippen MR) is 60.0 cm³/mol.